The molecule has 0 saturated heterocycles. The van der Waals surface area contributed by atoms with Gasteiger partial charge < -0.3 is 15.8 Å². The first-order valence-electron chi connectivity index (χ1n) is 9.87. The molecular weight excluding hydrogens is 380 g/mol. The normalized spacial score (nSPS) is 12.4. The number of fused-ring (bicyclic) bond motifs is 1. The number of anilines is 3. The number of carbonyl (C=O) groups excluding carboxylic acids is 1. The van der Waals surface area contributed by atoms with E-state index in [2.05, 4.69) is 20.3 Å². The predicted octanol–water partition coefficient (Wildman–Crippen LogP) is 3.06. The molecular formula is C22H24N6O2. The molecule has 2 aromatic heterocycles. The summed E-state index contributed by atoms with van der Waals surface area (Å²) in [7, 11) is 0. The smallest absolute Gasteiger partial charge is 0.259 e. The van der Waals surface area contributed by atoms with Crippen molar-refractivity contribution in [2.45, 2.75) is 32.9 Å². The number of nitrogens with zero attached hydrogens (tertiary/aromatic N) is 4. The molecule has 1 amide bonds. The molecule has 0 fully saturated rings. The van der Waals surface area contributed by atoms with E-state index in [1.807, 2.05) is 32.0 Å². The van der Waals surface area contributed by atoms with Gasteiger partial charge in [0.2, 0.25) is 5.95 Å². The van der Waals surface area contributed by atoms with Crippen LogP contribution >= 0.6 is 0 Å². The Bertz CT molecular complexity index is 1050. The van der Waals surface area contributed by atoms with Gasteiger partial charge in [-0.25, -0.2) is 9.97 Å². The molecule has 1 aromatic carbocycles. The van der Waals surface area contributed by atoms with Crippen molar-refractivity contribution in [2.75, 3.05) is 22.6 Å². The Kier molecular flexibility index (Phi) is 5.47. The number of rotatable bonds is 6. The van der Waals surface area contributed by atoms with Crippen LogP contribution in [0.1, 0.15) is 35.3 Å². The number of nitrogens with two attached hydrogens (primary N) is 1. The van der Waals surface area contributed by atoms with Gasteiger partial charge in [0.1, 0.15) is 17.4 Å². The minimum absolute atomic E-state index is 0.157. The van der Waals surface area contributed by atoms with Gasteiger partial charge in [0.05, 0.1) is 13.2 Å². The number of hydrogen-bond donors (Lipinski definition) is 2. The zero-order valence-corrected chi connectivity index (χ0v) is 17.0. The number of benzene rings is 1. The summed E-state index contributed by atoms with van der Waals surface area (Å²) in [5, 5.41) is 3.18. The monoisotopic (exact) mass is 404 g/mol. The molecule has 154 valence electrons. The number of carbonyl (C=O) groups is 1. The average molecular weight is 404 g/mol. The molecule has 3 N–H and O–H groups in total. The lowest BCUT2D eigenvalue weighted by molar-refractivity contribution is 0.0984. The molecule has 3 aromatic rings. The standard InChI is InChI=1S/C22H24N6O2/c1-14(2)26-22-24-9-7-20(27-22)28(13-15-3-6-19(23)25-12-15)21(29)17-4-5-18-16(11-17)8-10-30-18/h3-7,9,11-12,14H,8,10,13H2,1-2H3,(H2,23,25)(H,24,26,27). The highest BCUT2D eigenvalue weighted by Gasteiger charge is 2.22. The summed E-state index contributed by atoms with van der Waals surface area (Å²) in [4.78, 5) is 28.1. The van der Waals surface area contributed by atoms with Crippen LogP contribution < -0.4 is 20.7 Å². The molecule has 30 heavy (non-hydrogen) atoms. The van der Waals surface area contributed by atoms with Crippen LogP contribution in [-0.4, -0.2) is 33.5 Å². The maximum atomic E-state index is 13.5. The van der Waals surface area contributed by atoms with E-state index in [1.165, 1.54) is 0 Å². The Morgan fingerprint density at radius 2 is 2.10 bits per heavy atom. The summed E-state index contributed by atoms with van der Waals surface area (Å²) in [5.41, 5.74) is 8.18. The van der Waals surface area contributed by atoms with Crippen molar-refractivity contribution in [3.8, 4) is 5.75 Å². The van der Waals surface area contributed by atoms with Gasteiger partial charge in [-0.15, -0.1) is 0 Å². The lowest BCUT2D eigenvalue weighted by atomic mass is 10.1. The van der Waals surface area contributed by atoms with Gasteiger partial charge in [-0.1, -0.05) is 6.07 Å². The SMILES string of the molecule is CC(C)Nc1nccc(N(Cc2ccc(N)nc2)C(=O)c2ccc3c(c2)CCO3)n1. The Morgan fingerprint density at radius 1 is 1.23 bits per heavy atom. The molecule has 0 unspecified atom stereocenters. The quantitative estimate of drug-likeness (QED) is 0.650. The molecule has 0 atom stereocenters. The summed E-state index contributed by atoms with van der Waals surface area (Å²) in [5.74, 6) is 2.09. The van der Waals surface area contributed by atoms with Crippen molar-refractivity contribution in [3.05, 3.63) is 65.5 Å². The number of pyridine rings is 1. The first kappa shape index (κ1) is 19.6. The Balaban J connectivity index is 1.69. The van der Waals surface area contributed by atoms with Crippen molar-refractivity contribution in [3.63, 3.8) is 0 Å². The van der Waals surface area contributed by atoms with Crippen LogP contribution in [0.15, 0.2) is 48.8 Å². The number of amides is 1. The molecule has 0 bridgehead atoms. The highest BCUT2D eigenvalue weighted by atomic mass is 16.5. The van der Waals surface area contributed by atoms with Gasteiger partial charge in [-0.3, -0.25) is 9.69 Å². The van der Waals surface area contributed by atoms with Crippen LogP contribution in [0, 0.1) is 0 Å². The summed E-state index contributed by atoms with van der Waals surface area (Å²) >= 11 is 0. The number of nitrogen functional groups attached to an aromatic ring is 1. The second kappa shape index (κ2) is 8.36. The summed E-state index contributed by atoms with van der Waals surface area (Å²) in [6.07, 6.45) is 4.11. The fourth-order valence-corrected chi connectivity index (χ4v) is 3.27. The second-order valence-corrected chi connectivity index (χ2v) is 7.44. The van der Waals surface area contributed by atoms with E-state index in [4.69, 9.17) is 10.5 Å². The summed E-state index contributed by atoms with van der Waals surface area (Å²) in [6.45, 7) is 4.96. The van der Waals surface area contributed by atoms with E-state index in [9.17, 15) is 4.79 Å². The molecule has 1 aliphatic heterocycles. The summed E-state index contributed by atoms with van der Waals surface area (Å²) < 4.78 is 5.56. The summed E-state index contributed by atoms with van der Waals surface area (Å²) in [6, 6.07) is 11.0. The third-order valence-corrected chi connectivity index (χ3v) is 4.71. The predicted molar refractivity (Wildman–Crippen MR) is 116 cm³/mol. The number of aromatic nitrogens is 3. The molecule has 8 heteroatoms. The first-order valence-corrected chi connectivity index (χ1v) is 9.87. The zero-order chi connectivity index (χ0) is 21.1. The van der Waals surface area contributed by atoms with Crippen molar-refractivity contribution < 1.29 is 9.53 Å². The lowest BCUT2D eigenvalue weighted by Gasteiger charge is -2.23. The molecule has 0 radical (unpaired) electrons. The van der Waals surface area contributed by atoms with E-state index in [0.29, 0.717) is 36.3 Å². The van der Waals surface area contributed by atoms with Crippen molar-refractivity contribution in [1.29, 1.82) is 0 Å². The number of ether oxygens (including phenoxy) is 1. The van der Waals surface area contributed by atoms with Gasteiger partial charge in [-0.2, -0.15) is 4.98 Å². The Morgan fingerprint density at radius 3 is 2.87 bits per heavy atom. The molecule has 1 aliphatic rings. The van der Waals surface area contributed by atoms with Crippen LogP contribution in [0.4, 0.5) is 17.6 Å². The Hall–Kier alpha value is -3.68. The zero-order valence-electron chi connectivity index (χ0n) is 17.0. The van der Waals surface area contributed by atoms with E-state index < -0.39 is 0 Å². The van der Waals surface area contributed by atoms with Crippen LogP contribution in [0.25, 0.3) is 0 Å². The van der Waals surface area contributed by atoms with Gasteiger partial charge in [-0.05, 0) is 55.3 Å². The molecule has 0 saturated carbocycles. The second-order valence-electron chi connectivity index (χ2n) is 7.44. The largest absolute Gasteiger partial charge is 0.493 e. The highest BCUT2D eigenvalue weighted by Crippen LogP contribution is 2.27. The van der Waals surface area contributed by atoms with Crippen molar-refractivity contribution in [2.24, 2.45) is 0 Å². The van der Waals surface area contributed by atoms with E-state index in [-0.39, 0.29) is 11.9 Å². The topological polar surface area (TPSA) is 106 Å². The van der Waals surface area contributed by atoms with Crippen molar-refractivity contribution >= 4 is 23.5 Å². The van der Waals surface area contributed by atoms with Gasteiger partial charge in [0.25, 0.3) is 5.91 Å². The van der Waals surface area contributed by atoms with Crippen LogP contribution in [0.3, 0.4) is 0 Å². The van der Waals surface area contributed by atoms with Gasteiger partial charge >= 0.3 is 0 Å². The van der Waals surface area contributed by atoms with Crippen LogP contribution in [-0.2, 0) is 13.0 Å². The molecule has 0 aliphatic carbocycles. The Labute approximate surface area is 175 Å². The minimum Gasteiger partial charge on any atom is -0.493 e. The number of hydrogen-bond acceptors (Lipinski definition) is 7. The van der Waals surface area contributed by atoms with Crippen molar-refractivity contribution in [1.82, 2.24) is 15.0 Å². The lowest BCUT2D eigenvalue weighted by Crippen LogP contribution is -2.31. The third-order valence-electron chi connectivity index (χ3n) is 4.71. The van der Waals surface area contributed by atoms with E-state index in [0.717, 1.165) is 23.3 Å². The maximum Gasteiger partial charge on any atom is 0.259 e. The van der Waals surface area contributed by atoms with Crippen LogP contribution in [0.5, 0.6) is 5.75 Å². The van der Waals surface area contributed by atoms with E-state index >= 15 is 0 Å². The maximum absolute atomic E-state index is 13.5. The van der Waals surface area contributed by atoms with Gasteiger partial charge in [0, 0.05) is 30.4 Å². The first-order chi connectivity index (χ1) is 14.5. The molecule has 8 nitrogen and oxygen atoms in total. The van der Waals surface area contributed by atoms with Crippen LogP contribution in [0.2, 0.25) is 0 Å². The fraction of sp³-hybridized carbons (Fsp3) is 0.273. The fourth-order valence-electron chi connectivity index (χ4n) is 3.27. The van der Waals surface area contributed by atoms with E-state index in [1.54, 1.807) is 35.5 Å². The van der Waals surface area contributed by atoms with Gasteiger partial charge in [0.15, 0.2) is 0 Å². The average Bonchev–Trinajstić information content (AvgIpc) is 3.20. The third kappa shape index (κ3) is 4.32. The highest BCUT2D eigenvalue weighted by molar-refractivity contribution is 6.05. The molecule has 3 heterocycles. The number of nitrogens with one attached hydrogen (secondary N) is 1. The minimum atomic E-state index is -0.157. The molecule has 4 rings (SSSR count). The molecule has 0 spiro atoms.